The number of halogens is 1. The van der Waals surface area contributed by atoms with Gasteiger partial charge in [0.25, 0.3) is 0 Å². The summed E-state index contributed by atoms with van der Waals surface area (Å²) in [6.07, 6.45) is 2.09. The molecule has 3 rings (SSSR count). The minimum atomic E-state index is -0.396. The molecule has 0 aliphatic carbocycles. The van der Waals surface area contributed by atoms with Gasteiger partial charge in [-0.2, -0.15) is 0 Å². The third-order valence-corrected chi connectivity index (χ3v) is 5.49. The van der Waals surface area contributed by atoms with Crippen LogP contribution in [0.1, 0.15) is 52.6 Å². The number of nitrogens with one attached hydrogen (secondary N) is 1. The quantitative estimate of drug-likeness (QED) is 0.666. The van der Waals surface area contributed by atoms with Gasteiger partial charge in [-0.15, -0.1) is 0 Å². The molecule has 1 aliphatic heterocycles. The van der Waals surface area contributed by atoms with E-state index in [0.29, 0.717) is 32.0 Å². The first kappa shape index (κ1) is 22.0. The Morgan fingerprint density at radius 3 is 2.63 bits per heavy atom. The molecule has 30 heavy (non-hydrogen) atoms. The third-order valence-electron chi connectivity index (χ3n) is 5.49. The zero-order valence-corrected chi connectivity index (χ0v) is 17.8. The fourth-order valence-electron chi connectivity index (χ4n) is 3.80. The summed E-state index contributed by atoms with van der Waals surface area (Å²) in [7, 11) is 0. The van der Waals surface area contributed by atoms with E-state index in [-0.39, 0.29) is 24.2 Å². The van der Waals surface area contributed by atoms with E-state index in [9.17, 15) is 14.0 Å². The van der Waals surface area contributed by atoms with Gasteiger partial charge in [0.1, 0.15) is 11.5 Å². The summed E-state index contributed by atoms with van der Waals surface area (Å²) in [4.78, 5) is 30.2. The van der Waals surface area contributed by atoms with Crippen molar-refractivity contribution in [2.75, 3.05) is 19.8 Å². The SMILES string of the molecule is CCOC(=O)c1[nH]c(C)c(CN(CC2CCCO2)C(=O)Cc2ccc(F)cc2)c1C. The van der Waals surface area contributed by atoms with E-state index in [2.05, 4.69) is 4.98 Å². The second-order valence-electron chi connectivity index (χ2n) is 7.66. The number of amides is 1. The Morgan fingerprint density at radius 1 is 1.27 bits per heavy atom. The topological polar surface area (TPSA) is 71.6 Å². The van der Waals surface area contributed by atoms with E-state index >= 15 is 0 Å². The summed E-state index contributed by atoms with van der Waals surface area (Å²) in [5, 5.41) is 0. The molecule has 0 spiro atoms. The van der Waals surface area contributed by atoms with Crippen LogP contribution in [0.4, 0.5) is 4.39 Å². The Balaban J connectivity index is 1.81. The molecule has 0 saturated carbocycles. The molecule has 7 heteroatoms. The van der Waals surface area contributed by atoms with Gasteiger partial charge in [-0.3, -0.25) is 4.79 Å². The molecule has 1 aliphatic rings. The van der Waals surface area contributed by atoms with Gasteiger partial charge in [0, 0.05) is 25.4 Å². The molecule has 1 aromatic carbocycles. The molecule has 1 unspecified atom stereocenters. The zero-order valence-electron chi connectivity index (χ0n) is 17.8. The van der Waals surface area contributed by atoms with Gasteiger partial charge >= 0.3 is 5.97 Å². The molecule has 1 fully saturated rings. The van der Waals surface area contributed by atoms with Crippen LogP contribution in [-0.4, -0.2) is 47.6 Å². The Morgan fingerprint density at radius 2 is 2.00 bits per heavy atom. The second kappa shape index (κ2) is 9.89. The average molecular weight is 416 g/mol. The van der Waals surface area contributed by atoms with E-state index < -0.39 is 5.97 Å². The van der Waals surface area contributed by atoms with Crippen molar-refractivity contribution in [3.63, 3.8) is 0 Å². The molecule has 0 radical (unpaired) electrons. The molecule has 1 atom stereocenters. The van der Waals surface area contributed by atoms with Crippen LogP contribution in [0, 0.1) is 19.7 Å². The number of carbonyl (C=O) groups excluding carboxylic acids is 2. The number of nitrogens with zero attached hydrogens (tertiary/aromatic N) is 1. The molecule has 162 valence electrons. The van der Waals surface area contributed by atoms with E-state index in [1.54, 1.807) is 24.0 Å². The number of rotatable bonds is 8. The lowest BCUT2D eigenvalue weighted by molar-refractivity contribution is -0.132. The lowest BCUT2D eigenvalue weighted by atomic mass is 10.1. The fraction of sp³-hybridized carbons (Fsp3) is 0.478. The number of carbonyl (C=O) groups is 2. The highest BCUT2D eigenvalue weighted by Gasteiger charge is 2.26. The maximum absolute atomic E-state index is 13.2. The van der Waals surface area contributed by atoms with Crippen LogP contribution in [0.3, 0.4) is 0 Å². The number of ether oxygens (including phenoxy) is 2. The lowest BCUT2D eigenvalue weighted by Crippen LogP contribution is -2.38. The van der Waals surface area contributed by atoms with Gasteiger partial charge in [0.2, 0.25) is 5.91 Å². The number of hydrogen-bond acceptors (Lipinski definition) is 4. The number of hydrogen-bond donors (Lipinski definition) is 1. The number of benzene rings is 1. The predicted molar refractivity (Wildman–Crippen MR) is 111 cm³/mol. The zero-order chi connectivity index (χ0) is 21.7. The van der Waals surface area contributed by atoms with Crippen molar-refractivity contribution >= 4 is 11.9 Å². The van der Waals surface area contributed by atoms with Gasteiger partial charge < -0.3 is 19.4 Å². The lowest BCUT2D eigenvalue weighted by Gasteiger charge is -2.26. The minimum Gasteiger partial charge on any atom is -0.461 e. The normalized spacial score (nSPS) is 15.9. The Labute approximate surface area is 176 Å². The van der Waals surface area contributed by atoms with Crippen LogP contribution in [0.15, 0.2) is 24.3 Å². The number of aryl methyl sites for hydroxylation is 1. The first-order valence-corrected chi connectivity index (χ1v) is 10.4. The van der Waals surface area contributed by atoms with Crippen molar-refractivity contribution in [2.45, 2.75) is 52.7 Å². The third kappa shape index (κ3) is 5.27. The standard InChI is InChI=1S/C23H29FN2O4/c1-4-29-23(28)22-15(2)20(16(3)25-22)14-26(13-19-6-5-11-30-19)21(27)12-17-7-9-18(24)10-8-17/h7-10,19,25H,4-6,11-14H2,1-3H3. The van der Waals surface area contributed by atoms with Crippen molar-refractivity contribution < 1.29 is 23.5 Å². The number of esters is 1. The van der Waals surface area contributed by atoms with Crippen LogP contribution >= 0.6 is 0 Å². The summed E-state index contributed by atoms with van der Waals surface area (Å²) >= 11 is 0. The summed E-state index contributed by atoms with van der Waals surface area (Å²) in [5.74, 6) is -0.782. The van der Waals surface area contributed by atoms with Crippen molar-refractivity contribution in [1.29, 1.82) is 0 Å². The second-order valence-corrected chi connectivity index (χ2v) is 7.66. The molecule has 2 heterocycles. The molecule has 1 aromatic heterocycles. The Kier molecular flexibility index (Phi) is 7.26. The van der Waals surface area contributed by atoms with E-state index in [4.69, 9.17) is 9.47 Å². The highest BCUT2D eigenvalue weighted by molar-refractivity contribution is 5.90. The summed E-state index contributed by atoms with van der Waals surface area (Å²) < 4.78 is 24.1. The van der Waals surface area contributed by atoms with Crippen molar-refractivity contribution in [1.82, 2.24) is 9.88 Å². The molecule has 1 saturated heterocycles. The maximum Gasteiger partial charge on any atom is 0.355 e. The first-order valence-electron chi connectivity index (χ1n) is 10.4. The van der Waals surface area contributed by atoms with Gasteiger partial charge in [-0.1, -0.05) is 12.1 Å². The highest BCUT2D eigenvalue weighted by Crippen LogP contribution is 2.23. The van der Waals surface area contributed by atoms with Gasteiger partial charge in [-0.25, -0.2) is 9.18 Å². The molecular weight excluding hydrogens is 387 g/mol. The summed E-state index contributed by atoms with van der Waals surface area (Å²) in [6, 6.07) is 5.98. The molecule has 6 nitrogen and oxygen atoms in total. The Hall–Kier alpha value is -2.67. The molecule has 0 bridgehead atoms. The van der Waals surface area contributed by atoms with Crippen molar-refractivity contribution in [3.8, 4) is 0 Å². The predicted octanol–water partition coefficient (Wildman–Crippen LogP) is 3.70. The Bertz CT molecular complexity index is 885. The van der Waals surface area contributed by atoms with Crippen LogP contribution in [0.2, 0.25) is 0 Å². The molecule has 1 N–H and O–H groups in total. The fourth-order valence-corrected chi connectivity index (χ4v) is 3.80. The van der Waals surface area contributed by atoms with Gasteiger partial charge in [-0.05, 0) is 62.4 Å². The van der Waals surface area contributed by atoms with Crippen molar-refractivity contribution in [3.05, 3.63) is 58.2 Å². The van der Waals surface area contributed by atoms with E-state index in [1.165, 1.54) is 12.1 Å². The molecule has 2 aromatic rings. The smallest absolute Gasteiger partial charge is 0.355 e. The molecular formula is C23H29FN2O4. The number of H-pyrrole nitrogens is 1. The maximum atomic E-state index is 13.2. The van der Waals surface area contributed by atoms with E-state index in [1.807, 2.05) is 13.8 Å². The van der Waals surface area contributed by atoms with Crippen molar-refractivity contribution in [2.24, 2.45) is 0 Å². The van der Waals surface area contributed by atoms with Crippen LogP contribution in [0.25, 0.3) is 0 Å². The van der Waals surface area contributed by atoms with E-state index in [0.717, 1.165) is 35.2 Å². The monoisotopic (exact) mass is 416 g/mol. The minimum absolute atomic E-state index is 0.00579. The van der Waals surface area contributed by atoms with Crippen LogP contribution in [-0.2, 0) is 27.2 Å². The number of aromatic nitrogens is 1. The highest BCUT2D eigenvalue weighted by atomic mass is 19.1. The summed E-state index contributed by atoms with van der Waals surface area (Å²) in [6.45, 7) is 7.38. The largest absolute Gasteiger partial charge is 0.461 e. The summed E-state index contributed by atoms with van der Waals surface area (Å²) in [5.41, 5.74) is 3.71. The average Bonchev–Trinajstić information content (AvgIpc) is 3.32. The van der Waals surface area contributed by atoms with Gasteiger partial charge in [0.15, 0.2) is 0 Å². The molecule has 1 amide bonds. The number of aromatic amines is 1. The van der Waals surface area contributed by atoms with Crippen LogP contribution in [0.5, 0.6) is 0 Å². The van der Waals surface area contributed by atoms with Crippen LogP contribution < -0.4 is 0 Å². The van der Waals surface area contributed by atoms with Gasteiger partial charge in [0.05, 0.1) is 19.1 Å². The first-order chi connectivity index (χ1) is 14.4.